The van der Waals surface area contributed by atoms with Crippen LogP contribution in [0.3, 0.4) is 0 Å². The largest absolute Gasteiger partial charge is 0.390 e. The number of anilines is 1. The lowest BCUT2D eigenvalue weighted by molar-refractivity contribution is -0.0623. The average Bonchev–Trinajstić information content (AvgIpc) is 3.31. The van der Waals surface area contributed by atoms with E-state index in [1.807, 2.05) is 6.07 Å². The van der Waals surface area contributed by atoms with Gasteiger partial charge in [0.15, 0.2) is 11.2 Å². The highest BCUT2D eigenvalue weighted by atomic mass is 16.6. The van der Waals surface area contributed by atoms with Gasteiger partial charge in [-0.3, -0.25) is 19.3 Å². The third kappa shape index (κ3) is 4.33. The van der Waals surface area contributed by atoms with Crippen LogP contribution in [0.1, 0.15) is 37.2 Å². The number of H-pyrrole nitrogens is 1. The van der Waals surface area contributed by atoms with Crippen molar-refractivity contribution in [2.24, 2.45) is 0 Å². The van der Waals surface area contributed by atoms with Gasteiger partial charge < -0.3 is 25.4 Å². The van der Waals surface area contributed by atoms with Gasteiger partial charge in [-0.25, -0.2) is 4.98 Å². The first-order valence-corrected chi connectivity index (χ1v) is 9.74. The van der Waals surface area contributed by atoms with Gasteiger partial charge in [0.25, 0.3) is 5.56 Å². The summed E-state index contributed by atoms with van der Waals surface area (Å²) < 4.78 is 13.1. The molecule has 4 heterocycles. The van der Waals surface area contributed by atoms with Crippen LogP contribution in [0.15, 0.2) is 35.6 Å². The molecule has 4 rings (SSSR count). The van der Waals surface area contributed by atoms with Crippen molar-refractivity contribution in [2.75, 3.05) is 18.9 Å². The molecule has 3 aromatic heterocycles. The Morgan fingerprint density at radius 3 is 3.13 bits per heavy atom. The molecule has 1 saturated heterocycles. The molecule has 3 aromatic rings. The van der Waals surface area contributed by atoms with Gasteiger partial charge in [0.1, 0.15) is 12.3 Å². The van der Waals surface area contributed by atoms with Crippen molar-refractivity contribution in [3.63, 3.8) is 0 Å². The summed E-state index contributed by atoms with van der Waals surface area (Å²) in [5, 5.41) is 20.5. The fourth-order valence-electron chi connectivity index (χ4n) is 3.51. The van der Waals surface area contributed by atoms with Crippen LogP contribution in [-0.2, 0) is 9.47 Å². The molecule has 0 spiro atoms. The quantitative estimate of drug-likeness (QED) is 0.378. The first kappa shape index (κ1) is 20.4. The molecule has 4 atom stereocenters. The van der Waals surface area contributed by atoms with E-state index >= 15 is 0 Å². The zero-order valence-electron chi connectivity index (χ0n) is 16.2. The third-order valence-electron chi connectivity index (χ3n) is 5.08. The number of hydrogen-bond acceptors (Lipinski definition) is 9. The highest BCUT2D eigenvalue weighted by Gasteiger charge is 2.36. The Morgan fingerprint density at radius 2 is 2.33 bits per heavy atom. The smallest absolute Gasteiger partial charge is 0.280 e. The lowest BCUT2D eigenvalue weighted by Crippen LogP contribution is -2.26. The summed E-state index contributed by atoms with van der Waals surface area (Å²) in [5.74, 6) is -0.0128. The summed E-state index contributed by atoms with van der Waals surface area (Å²) in [4.78, 5) is 26.5. The van der Waals surface area contributed by atoms with Gasteiger partial charge in [0.2, 0.25) is 5.95 Å². The van der Waals surface area contributed by atoms with E-state index in [9.17, 15) is 15.0 Å². The van der Waals surface area contributed by atoms with E-state index in [-0.39, 0.29) is 18.1 Å². The van der Waals surface area contributed by atoms with E-state index in [0.717, 1.165) is 5.56 Å². The van der Waals surface area contributed by atoms with E-state index < -0.39 is 30.1 Å². The Morgan fingerprint density at radius 1 is 1.47 bits per heavy atom. The zero-order chi connectivity index (χ0) is 21.1. The summed E-state index contributed by atoms with van der Waals surface area (Å²) in [7, 11) is 0. The fourth-order valence-corrected chi connectivity index (χ4v) is 3.51. The van der Waals surface area contributed by atoms with E-state index in [4.69, 9.17) is 15.2 Å². The first-order chi connectivity index (χ1) is 14.5. The Labute approximate surface area is 171 Å². The van der Waals surface area contributed by atoms with Crippen molar-refractivity contribution >= 4 is 17.1 Å². The van der Waals surface area contributed by atoms with Crippen LogP contribution in [0.2, 0.25) is 0 Å². The van der Waals surface area contributed by atoms with Crippen molar-refractivity contribution in [1.29, 1.82) is 0 Å². The number of ether oxygens (including phenoxy) is 2. The van der Waals surface area contributed by atoms with Gasteiger partial charge in [0.05, 0.1) is 25.1 Å². The van der Waals surface area contributed by atoms with Crippen molar-refractivity contribution < 1.29 is 19.7 Å². The molecule has 0 aliphatic carbocycles. The van der Waals surface area contributed by atoms with Crippen LogP contribution in [0, 0.1) is 0 Å². The molecule has 30 heavy (non-hydrogen) atoms. The minimum atomic E-state index is -0.729. The number of nitrogens with two attached hydrogens (primary N) is 1. The number of nitrogens with one attached hydrogen (secondary N) is 1. The van der Waals surface area contributed by atoms with Crippen LogP contribution in [-0.4, -0.2) is 60.1 Å². The first-order valence-electron chi connectivity index (χ1n) is 9.74. The second-order valence-corrected chi connectivity index (χ2v) is 7.23. The molecular formula is C19H24N6O5. The topological polar surface area (TPSA) is 161 Å². The zero-order valence-corrected chi connectivity index (χ0v) is 16.2. The third-order valence-corrected chi connectivity index (χ3v) is 5.08. The van der Waals surface area contributed by atoms with E-state index in [1.54, 1.807) is 23.0 Å². The molecular weight excluding hydrogens is 392 g/mol. The normalized spacial score (nSPS) is 22.5. The van der Waals surface area contributed by atoms with E-state index in [0.29, 0.717) is 31.5 Å². The van der Waals surface area contributed by atoms with E-state index in [2.05, 4.69) is 19.9 Å². The number of imidazole rings is 1. The number of nitrogen functional groups attached to an aromatic ring is 1. The minimum absolute atomic E-state index is 0.0128. The molecule has 0 bridgehead atoms. The highest BCUT2D eigenvalue weighted by Crippen LogP contribution is 2.30. The second-order valence-electron chi connectivity index (χ2n) is 7.23. The fraction of sp³-hybridized carbons (Fsp3) is 0.474. The molecule has 0 aromatic carbocycles. The summed E-state index contributed by atoms with van der Waals surface area (Å²) in [6, 6.07) is 3.62. The molecule has 0 radical (unpaired) electrons. The number of aliphatic hydroxyl groups is 2. The maximum atomic E-state index is 11.9. The number of rotatable bonds is 8. The van der Waals surface area contributed by atoms with Crippen LogP contribution >= 0.6 is 0 Å². The molecule has 1 fully saturated rings. The molecule has 0 amide bonds. The maximum absolute atomic E-state index is 11.9. The summed E-state index contributed by atoms with van der Waals surface area (Å²) in [5.41, 5.74) is 6.43. The average molecular weight is 416 g/mol. The highest BCUT2D eigenvalue weighted by molar-refractivity contribution is 5.70. The minimum Gasteiger partial charge on any atom is -0.390 e. The summed E-state index contributed by atoms with van der Waals surface area (Å²) in [6.07, 6.45) is 3.91. The van der Waals surface area contributed by atoms with Crippen molar-refractivity contribution in [3.8, 4) is 0 Å². The van der Waals surface area contributed by atoms with Crippen molar-refractivity contribution in [2.45, 2.75) is 43.8 Å². The van der Waals surface area contributed by atoms with Gasteiger partial charge in [-0.2, -0.15) is 4.98 Å². The van der Waals surface area contributed by atoms with Crippen LogP contribution in [0.4, 0.5) is 5.95 Å². The molecule has 11 heteroatoms. The van der Waals surface area contributed by atoms with E-state index in [1.165, 1.54) is 6.33 Å². The molecule has 1 unspecified atom stereocenters. The Balaban J connectivity index is 1.27. The molecule has 11 nitrogen and oxygen atoms in total. The number of aromatic amines is 1. The second kappa shape index (κ2) is 8.88. The van der Waals surface area contributed by atoms with Gasteiger partial charge in [-0.15, -0.1) is 0 Å². The van der Waals surface area contributed by atoms with Gasteiger partial charge in [-0.05, 0) is 24.5 Å². The molecule has 0 saturated carbocycles. The van der Waals surface area contributed by atoms with Crippen LogP contribution in [0.25, 0.3) is 11.2 Å². The van der Waals surface area contributed by atoms with Gasteiger partial charge >= 0.3 is 0 Å². The molecule has 1 aliphatic rings. The standard InChI is InChI=1S/C19H24N6O5/c20-19-23-17-16(18(28)24-19)22-10-25(17)15-7-13(27)14(30-15)9-29-6-2-4-12(26)11-3-1-5-21-8-11/h1,3,5,8,10,12-15,26-27H,2,4,6-7,9H2,(H3,20,23,24,28)/t12?,13-,14+,15+/m0/s1. The predicted molar refractivity (Wildman–Crippen MR) is 106 cm³/mol. The molecule has 160 valence electrons. The summed E-state index contributed by atoms with van der Waals surface area (Å²) in [6.45, 7) is 0.638. The monoisotopic (exact) mass is 416 g/mol. The Kier molecular flexibility index (Phi) is 6.04. The van der Waals surface area contributed by atoms with Gasteiger partial charge in [0, 0.05) is 25.4 Å². The van der Waals surface area contributed by atoms with Crippen molar-refractivity contribution in [3.05, 3.63) is 46.8 Å². The van der Waals surface area contributed by atoms with Crippen LogP contribution in [0.5, 0.6) is 0 Å². The molecule has 1 aliphatic heterocycles. The van der Waals surface area contributed by atoms with Crippen molar-refractivity contribution in [1.82, 2.24) is 24.5 Å². The Bertz CT molecular complexity index is 1040. The number of hydrogen-bond donors (Lipinski definition) is 4. The number of aliphatic hydroxyl groups excluding tert-OH is 2. The lowest BCUT2D eigenvalue weighted by Gasteiger charge is -2.16. The Hall–Kier alpha value is -2.86. The predicted octanol–water partition coefficient (Wildman–Crippen LogP) is 0.276. The van der Waals surface area contributed by atoms with Gasteiger partial charge in [-0.1, -0.05) is 6.07 Å². The number of aromatic nitrogens is 5. The summed E-state index contributed by atoms with van der Waals surface area (Å²) >= 11 is 0. The lowest BCUT2D eigenvalue weighted by atomic mass is 10.1. The number of nitrogens with zero attached hydrogens (tertiary/aromatic N) is 4. The molecule has 5 N–H and O–H groups in total. The number of fused-ring (bicyclic) bond motifs is 1. The van der Waals surface area contributed by atoms with Crippen LogP contribution < -0.4 is 11.3 Å². The number of pyridine rings is 1. The maximum Gasteiger partial charge on any atom is 0.280 e. The SMILES string of the molecule is Nc1nc2c(ncn2[C@H]2C[C@H](O)[C@@H](COCCCC(O)c3cccnc3)O2)c(=O)[nH]1.